The number of nitrogens with zero attached hydrogens (tertiary/aromatic N) is 1. The first-order chi connectivity index (χ1) is 13.4. The summed E-state index contributed by atoms with van der Waals surface area (Å²) in [5.74, 6) is -2.71. The molecule has 0 saturated carbocycles. The molecule has 0 spiro atoms. The first-order valence-corrected chi connectivity index (χ1v) is 9.40. The molecule has 0 aromatic heterocycles. The van der Waals surface area contributed by atoms with Crippen LogP contribution in [0.4, 0.5) is 0 Å². The quantitative estimate of drug-likeness (QED) is 0.763. The number of hydrogen-bond acceptors (Lipinski definition) is 4. The Morgan fingerprint density at radius 3 is 1.93 bits per heavy atom. The number of piperidine rings is 1. The molecule has 1 heterocycles. The van der Waals surface area contributed by atoms with Gasteiger partial charge >= 0.3 is 11.9 Å². The Hall–Kier alpha value is -2.86. The third kappa shape index (κ3) is 7.80. The lowest BCUT2D eigenvalue weighted by molar-refractivity contribution is -0.159. The van der Waals surface area contributed by atoms with Crippen molar-refractivity contribution < 1.29 is 24.5 Å². The Labute approximate surface area is 165 Å². The lowest BCUT2D eigenvalue weighted by Crippen LogP contribution is -2.29. The molecule has 0 bridgehead atoms. The largest absolute Gasteiger partial charge is 0.489 e. The fraction of sp³-hybridized carbons (Fsp3) is 0.364. The molecule has 3 rings (SSSR count). The van der Waals surface area contributed by atoms with Crippen LogP contribution in [0.3, 0.4) is 0 Å². The second kappa shape index (κ2) is 11.1. The van der Waals surface area contributed by atoms with Crippen molar-refractivity contribution in [2.75, 3.05) is 13.1 Å². The molecular weight excluding hydrogens is 358 g/mol. The Kier molecular flexibility index (Phi) is 8.49. The maximum absolute atomic E-state index is 9.10. The summed E-state index contributed by atoms with van der Waals surface area (Å²) in [4.78, 5) is 20.8. The Bertz CT molecular complexity index is 738. The topological polar surface area (TPSA) is 87.1 Å². The van der Waals surface area contributed by atoms with E-state index in [0.717, 1.165) is 12.3 Å². The van der Waals surface area contributed by atoms with Crippen molar-refractivity contribution in [3.05, 3.63) is 65.2 Å². The maximum atomic E-state index is 9.10. The van der Waals surface area contributed by atoms with Gasteiger partial charge in [-0.1, -0.05) is 48.4 Å². The first kappa shape index (κ1) is 21.4. The summed E-state index contributed by atoms with van der Waals surface area (Å²) < 4.78 is 5.83. The van der Waals surface area contributed by atoms with Gasteiger partial charge in [-0.3, -0.25) is 4.90 Å². The minimum absolute atomic E-state index is 0.632. The van der Waals surface area contributed by atoms with Crippen LogP contribution in [0.5, 0.6) is 5.75 Å². The highest BCUT2D eigenvalue weighted by Gasteiger charge is 2.10. The highest BCUT2D eigenvalue weighted by molar-refractivity contribution is 6.27. The monoisotopic (exact) mass is 385 g/mol. The number of rotatable bonds is 5. The number of likely N-dealkylation sites (tertiary alicyclic amines) is 1. The zero-order chi connectivity index (χ0) is 20.4. The maximum Gasteiger partial charge on any atom is 0.414 e. The molecule has 0 aliphatic carbocycles. The van der Waals surface area contributed by atoms with Gasteiger partial charge in [0.2, 0.25) is 0 Å². The van der Waals surface area contributed by atoms with Crippen molar-refractivity contribution in [2.45, 2.75) is 39.3 Å². The van der Waals surface area contributed by atoms with Crippen LogP contribution in [-0.4, -0.2) is 40.1 Å². The zero-order valence-electron chi connectivity index (χ0n) is 16.1. The second-order valence-corrected chi connectivity index (χ2v) is 6.87. The van der Waals surface area contributed by atoms with Crippen LogP contribution < -0.4 is 4.74 Å². The number of ether oxygens (including phenoxy) is 1. The van der Waals surface area contributed by atoms with Crippen LogP contribution in [0.2, 0.25) is 0 Å². The van der Waals surface area contributed by atoms with Crippen molar-refractivity contribution in [3.63, 3.8) is 0 Å². The molecule has 0 amide bonds. The summed E-state index contributed by atoms with van der Waals surface area (Å²) in [6, 6.07) is 17.1. The van der Waals surface area contributed by atoms with Crippen LogP contribution in [0, 0.1) is 6.92 Å². The van der Waals surface area contributed by atoms with Crippen molar-refractivity contribution in [2.24, 2.45) is 0 Å². The van der Waals surface area contributed by atoms with Gasteiger partial charge < -0.3 is 14.9 Å². The summed E-state index contributed by atoms with van der Waals surface area (Å²) in [7, 11) is 0. The van der Waals surface area contributed by atoms with Gasteiger partial charge in [0.25, 0.3) is 0 Å². The summed E-state index contributed by atoms with van der Waals surface area (Å²) in [5.41, 5.74) is 3.89. The van der Waals surface area contributed by atoms with E-state index in [-0.39, 0.29) is 0 Å². The number of hydrogen-bond donors (Lipinski definition) is 2. The molecule has 6 nitrogen and oxygen atoms in total. The van der Waals surface area contributed by atoms with Crippen molar-refractivity contribution in [1.29, 1.82) is 0 Å². The smallest absolute Gasteiger partial charge is 0.414 e. The van der Waals surface area contributed by atoms with Gasteiger partial charge in [-0.15, -0.1) is 0 Å². The highest BCUT2D eigenvalue weighted by atomic mass is 16.5. The summed E-state index contributed by atoms with van der Waals surface area (Å²) in [6.07, 6.45) is 4.09. The van der Waals surface area contributed by atoms with Gasteiger partial charge in [0.1, 0.15) is 12.4 Å². The van der Waals surface area contributed by atoms with Gasteiger partial charge in [-0.2, -0.15) is 0 Å². The number of benzene rings is 2. The van der Waals surface area contributed by atoms with Crippen molar-refractivity contribution in [3.8, 4) is 5.75 Å². The minimum atomic E-state index is -1.82. The molecule has 2 N–H and O–H groups in total. The van der Waals surface area contributed by atoms with Crippen molar-refractivity contribution >= 4 is 11.9 Å². The van der Waals surface area contributed by atoms with Gasteiger partial charge in [0.15, 0.2) is 0 Å². The Balaban J connectivity index is 0.000000409. The van der Waals surface area contributed by atoms with E-state index >= 15 is 0 Å². The third-order valence-electron chi connectivity index (χ3n) is 4.49. The third-order valence-corrected chi connectivity index (χ3v) is 4.49. The molecular formula is C22H27NO5. The number of carbonyl (C=O) groups is 2. The number of aliphatic carboxylic acids is 2. The first-order valence-electron chi connectivity index (χ1n) is 9.40. The number of aryl methyl sites for hydroxylation is 1. The normalized spacial score (nSPS) is 13.9. The predicted octanol–water partition coefficient (Wildman–Crippen LogP) is 3.72. The molecule has 28 heavy (non-hydrogen) atoms. The second-order valence-electron chi connectivity index (χ2n) is 6.87. The van der Waals surface area contributed by atoms with E-state index in [9.17, 15) is 0 Å². The predicted molar refractivity (Wildman–Crippen MR) is 106 cm³/mol. The Morgan fingerprint density at radius 1 is 0.857 bits per heavy atom. The zero-order valence-corrected chi connectivity index (χ0v) is 16.1. The van der Waals surface area contributed by atoms with E-state index in [1.165, 1.54) is 49.0 Å². The molecule has 0 atom stereocenters. The molecule has 1 fully saturated rings. The van der Waals surface area contributed by atoms with E-state index in [4.69, 9.17) is 24.5 Å². The van der Waals surface area contributed by atoms with E-state index in [2.05, 4.69) is 48.2 Å². The van der Waals surface area contributed by atoms with Crippen LogP contribution >= 0.6 is 0 Å². The average molecular weight is 385 g/mol. The molecule has 0 radical (unpaired) electrons. The molecule has 0 unspecified atom stereocenters. The Morgan fingerprint density at radius 2 is 1.39 bits per heavy atom. The average Bonchev–Trinajstić information content (AvgIpc) is 2.70. The number of carboxylic acids is 2. The van der Waals surface area contributed by atoms with Gasteiger partial charge in [-0.05, 0) is 56.1 Å². The van der Waals surface area contributed by atoms with Gasteiger partial charge in [-0.25, -0.2) is 9.59 Å². The standard InChI is InChI=1S/C20H25NO.C2H2O4/c1-17-5-11-20(12-6-17)22-16-19-9-7-18(8-10-19)15-21-13-3-2-4-14-21;3-1(4)2(5)6/h5-12H,2-4,13-16H2,1H3;(H,3,4)(H,5,6). The fourth-order valence-corrected chi connectivity index (χ4v) is 2.92. The van der Waals surface area contributed by atoms with Gasteiger partial charge in [0.05, 0.1) is 0 Å². The molecule has 6 heteroatoms. The molecule has 2 aromatic carbocycles. The SMILES string of the molecule is Cc1ccc(OCc2ccc(CN3CCCCC3)cc2)cc1.O=C(O)C(=O)O. The molecule has 2 aromatic rings. The van der Waals surface area contributed by atoms with E-state index in [1.54, 1.807) is 0 Å². The van der Waals surface area contributed by atoms with Crippen LogP contribution in [0.15, 0.2) is 48.5 Å². The van der Waals surface area contributed by atoms with E-state index < -0.39 is 11.9 Å². The van der Waals surface area contributed by atoms with Crippen molar-refractivity contribution in [1.82, 2.24) is 4.90 Å². The summed E-state index contributed by atoms with van der Waals surface area (Å²) in [5, 5.41) is 14.8. The van der Waals surface area contributed by atoms with Gasteiger partial charge in [0, 0.05) is 6.54 Å². The summed E-state index contributed by atoms with van der Waals surface area (Å²) >= 11 is 0. The summed E-state index contributed by atoms with van der Waals surface area (Å²) in [6.45, 7) is 6.30. The minimum Gasteiger partial charge on any atom is -0.489 e. The lowest BCUT2D eigenvalue weighted by Gasteiger charge is -2.26. The fourth-order valence-electron chi connectivity index (χ4n) is 2.92. The van der Waals surface area contributed by atoms with Crippen LogP contribution in [0.25, 0.3) is 0 Å². The lowest BCUT2D eigenvalue weighted by atomic mass is 10.1. The molecule has 150 valence electrons. The van der Waals surface area contributed by atoms with Crippen LogP contribution in [-0.2, 0) is 22.7 Å². The molecule has 1 aliphatic heterocycles. The molecule has 1 saturated heterocycles. The highest BCUT2D eigenvalue weighted by Crippen LogP contribution is 2.16. The molecule has 1 aliphatic rings. The van der Waals surface area contributed by atoms with E-state index in [1.807, 2.05) is 12.1 Å². The number of carboxylic acid groups (broad SMARTS) is 2. The van der Waals surface area contributed by atoms with E-state index in [0.29, 0.717) is 6.61 Å². The van der Waals surface area contributed by atoms with Crippen LogP contribution in [0.1, 0.15) is 36.0 Å².